The molecule has 1 heterocycles. The van der Waals surface area contributed by atoms with E-state index >= 15 is 0 Å². The molecule has 102 valence electrons. The molecule has 1 saturated heterocycles. The highest BCUT2D eigenvalue weighted by atomic mass is 16.6. The van der Waals surface area contributed by atoms with Crippen molar-refractivity contribution in [2.24, 2.45) is 5.92 Å². The maximum atomic E-state index is 11.2. The third-order valence-electron chi connectivity index (χ3n) is 3.99. The molecule has 1 saturated carbocycles. The molecule has 6 heteroatoms. The quantitative estimate of drug-likeness (QED) is 0.659. The number of hydrogen-bond acceptors (Lipinski definition) is 5. The second-order valence-electron chi connectivity index (χ2n) is 5.32. The summed E-state index contributed by atoms with van der Waals surface area (Å²) in [4.78, 5) is 12.6. The molecule has 1 aromatic carbocycles. The fourth-order valence-electron chi connectivity index (χ4n) is 2.78. The Kier molecular flexibility index (Phi) is 2.63. The summed E-state index contributed by atoms with van der Waals surface area (Å²) in [5, 5.41) is 21.5. The number of aliphatic hydroxyl groups is 1. The zero-order chi connectivity index (χ0) is 13.6. The van der Waals surface area contributed by atoms with E-state index < -0.39 is 10.5 Å². The molecule has 0 unspecified atom stereocenters. The summed E-state index contributed by atoms with van der Waals surface area (Å²) in [6.45, 7) is 0.928. The van der Waals surface area contributed by atoms with Gasteiger partial charge in [0.15, 0.2) is 5.75 Å². The lowest BCUT2D eigenvalue weighted by Crippen LogP contribution is -2.63. The summed E-state index contributed by atoms with van der Waals surface area (Å²) in [6, 6.07) is 5.01. The van der Waals surface area contributed by atoms with E-state index in [-0.39, 0.29) is 11.4 Å². The average molecular weight is 264 g/mol. The zero-order valence-corrected chi connectivity index (χ0v) is 10.7. The van der Waals surface area contributed by atoms with Gasteiger partial charge in [-0.3, -0.25) is 10.1 Å². The zero-order valence-electron chi connectivity index (χ0n) is 10.7. The molecule has 0 radical (unpaired) electrons. The molecule has 19 heavy (non-hydrogen) atoms. The van der Waals surface area contributed by atoms with Gasteiger partial charge in [-0.05, 0) is 30.9 Å². The van der Waals surface area contributed by atoms with Crippen LogP contribution in [0.15, 0.2) is 18.2 Å². The Hall–Kier alpha value is -1.82. The van der Waals surface area contributed by atoms with E-state index in [9.17, 15) is 15.2 Å². The van der Waals surface area contributed by atoms with Crippen molar-refractivity contribution in [2.75, 3.05) is 25.1 Å². The number of nitro benzene ring substituents is 1. The number of benzene rings is 1. The molecule has 2 fully saturated rings. The van der Waals surface area contributed by atoms with Crippen molar-refractivity contribution < 1.29 is 14.8 Å². The highest BCUT2D eigenvalue weighted by Gasteiger charge is 2.53. The highest BCUT2D eigenvalue weighted by Crippen LogP contribution is 2.48. The summed E-state index contributed by atoms with van der Waals surface area (Å²) >= 11 is 0. The van der Waals surface area contributed by atoms with Crippen LogP contribution in [0.1, 0.15) is 12.8 Å². The molecule has 1 aromatic rings. The number of nitro groups is 1. The monoisotopic (exact) mass is 264 g/mol. The molecule has 3 rings (SSSR count). The Morgan fingerprint density at radius 1 is 1.47 bits per heavy atom. The molecular weight excluding hydrogens is 248 g/mol. The molecule has 0 spiro atoms. The number of nitrogens with zero attached hydrogens (tertiary/aromatic N) is 2. The Morgan fingerprint density at radius 3 is 2.68 bits per heavy atom. The molecule has 1 aliphatic heterocycles. The van der Waals surface area contributed by atoms with Crippen molar-refractivity contribution in [3.8, 4) is 5.75 Å². The van der Waals surface area contributed by atoms with Crippen LogP contribution in [-0.2, 0) is 0 Å². The molecular formula is C13H16N2O4. The Balaban J connectivity index is 1.87. The van der Waals surface area contributed by atoms with Gasteiger partial charge in [0.05, 0.1) is 12.0 Å². The summed E-state index contributed by atoms with van der Waals surface area (Å²) in [6.07, 6.45) is 2.12. The number of hydrogen-bond donors (Lipinski definition) is 1. The van der Waals surface area contributed by atoms with Crippen LogP contribution in [0.5, 0.6) is 5.75 Å². The van der Waals surface area contributed by atoms with Gasteiger partial charge in [-0.1, -0.05) is 6.07 Å². The Bertz CT molecular complexity index is 521. The Labute approximate surface area is 110 Å². The molecule has 1 N–H and O–H groups in total. The number of anilines is 1. The first-order valence-corrected chi connectivity index (χ1v) is 6.34. The number of methoxy groups -OCH3 is 1. The second-order valence-corrected chi connectivity index (χ2v) is 5.32. The van der Waals surface area contributed by atoms with E-state index in [0.29, 0.717) is 24.7 Å². The lowest BCUT2D eigenvalue weighted by Gasteiger charge is -2.48. The maximum Gasteiger partial charge on any atom is 0.333 e. The smallest absolute Gasteiger partial charge is 0.333 e. The molecule has 0 amide bonds. The third kappa shape index (κ3) is 1.92. The predicted octanol–water partition coefficient (Wildman–Crippen LogP) is 1.56. The van der Waals surface area contributed by atoms with Crippen molar-refractivity contribution >= 4 is 11.4 Å². The number of para-hydroxylation sites is 1. The molecule has 0 bridgehead atoms. The molecule has 6 nitrogen and oxygen atoms in total. The molecule has 0 aromatic heterocycles. The first-order chi connectivity index (χ1) is 9.05. The van der Waals surface area contributed by atoms with Crippen LogP contribution in [0.3, 0.4) is 0 Å². The molecule has 1 aliphatic carbocycles. The van der Waals surface area contributed by atoms with Gasteiger partial charge in [0.1, 0.15) is 11.3 Å². The second kappa shape index (κ2) is 4.09. The van der Waals surface area contributed by atoms with Crippen molar-refractivity contribution in [3.05, 3.63) is 28.3 Å². The van der Waals surface area contributed by atoms with Crippen LogP contribution >= 0.6 is 0 Å². The SMILES string of the molecule is COc1cccc(N2CC(O)(C3CC3)C2)c1[N+](=O)[O-]. The van der Waals surface area contributed by atoms with Crippen molar-refractivity contribution in [3.63, 3.8) is 0 Å². The van der Waals surface area contributed by atoms with Crippen LogP contribution in [-0.4, -0.2) is 35.8 Å². The number of β-amino-alcohol motifs (C(OH)–C–C–N with tert-alkyl or cyclic N) is 1. The average Bonchev–Trinajstić information content (AvgIpc) is 3.18. The summed E-state index contributed by atoms with van der Waals surface area (Å²) < 4.78 is 5.05. The molecule has 0 atom stereocenters. The summed E-state index contributed by atoms with van der Waals surface area (Å²) in [5.74, 6) is 0.623. The van der Waals surface area contributed by atoms with Gasteiger partial charge in [-0.15, -0.1) is 0 Å². The van der Waals surface area contributed by atoms with Crippen LogP contribution in [0.4, 0.5) is 11.4 Å². The van der Waals surface area contributed by atoms with Crippen molar-refractivity contribution in [1.82, 2.24) is 0 Å². The van der Waals surface area contributed by atoms with Crippen LogP contribution in [0.2, 0.25) is 0 Å². The van der Waals surface area contributed by atoms with Crippen molar-refractivity contribution in [1.29, 1.82) is 0 Å². The largest absolute Gasteiger partial charge is 0.490 e. The van der Waals surface area contributed by atoms with Crippen LogP contribution in [0.25, 0.3) is 0 Å². The van der Waals surface area contributed by atoms with Gasteiger partial charge in [-0.25, -0.2) is 0 Å². The minimum atomic E-state index is -0.656. The van der Waals surface area contributed by atoms with Crippen molar-refractivity contribution in [2.45, 2.75) is 18.4 Å². The van der Waals surface area contributed by atoms with Crippen LogP contribution < -0.4 is 9.64 Å². The normalized spacial score (nSPS) is 20.8. The number of ether oxygens (including phenoxy) is 1. The van der Waals surface area contributed by atoms with Crippen LogP contribution in [0, 0.1) is 16.0 Å². The lowest BCUT2D eigenvalue weighted by molar-refractivity contribution is -0.385. The van der Waals surface area contributed by atoms with E-state index in [2.05, 4.69) is 0 Å². The fourth-order valence-corrected chi connectivity index (χ4v) is 2.78. The maximum absolute atomic E-state index is 11.2. The van der Waals surface area contributed by atoms with Gasteiger partial charge in [0.25, 0.3) is 0 Å². The van der Waals surface area contributed by atoms with Gasteiger partial charge < -0.3 is 14.7 Å². The summed E-state index contributed by atoms with van der Waals surface area (Å²) in [7, 11) is 1.42. The fraction of sp³-hybridized carbons (Fsp3) is 0.538. The van der Waals surface area contributed by atoms with E-state index in [0.717, 1.165) is 12.8 Å². The minimum absolute atomic E-state index is 0.0251. The third-order valence-corrected chi connectivity index (χ3v) is 3.99. The lowest BCUT2D eigenvalue weighted by atomic mass is 9.88. The van der Waals surface area contributed by atoms with Gasteiger partial charge in [0.2, 0.25) is 0 Å². The van der Waals surface area contributed by atoms with E-state index in [1.54, 1.807) is 18.2 Å². The number of rotatable bonds is 4. The topological polar surface area (TPSA) is 75.8 Å². The Morgan fingerprint density at radius 2 is 2.16 bits per heavy atom. The van der Waals surface area contributed by atoms with E-state index in [1.807, 2.05) is 4.90 Å². The molecule has 2 aliphatic rings. The van der Waals surface area contributed by atoms with Gasteiger partial charge in [0, 0.05) is 13.1 Å². The predicted molar refractivity (Wildman–Crippen MR) is 69.5 cm³/mol. The standard InChI is InChI=1S/C13H16N2O4/c1-19-11-4-2-3-10(12(11)15(17)18)14-7-13(16,8-14)9-5-6-9/h2-4,9,16H,5-8H2,1H3. The minimum Gasteiger partial charge on any atom is -0.490 e. The summed E-state index contributed by atoms with van der Waals surface area (Å²) in [5.41, 5.74) is -0.158. The highest BCUT2D eigenvalue weighted by molar-refractivity contribution is 5.71. The first kappa shape index (κ1) is 12.2. The van der Waals surface area contributed by atoms with E-state index in [1.165, 1.54) is 7.11 Å². The first-order valence-electron chi connectivity index (χ1n) is 6.34. The van der Waals surface area contributed by atoms with Gasteiger partial charge >= 0.3 is 5.69 Å². The van der Waals surface area contributed by atoms with Gasteiger partial charge in [-0.2, -0.15) is 0 Å². The van der Waals surface area contributed by atoms with E-state index in [4.69, 9.17) is 4.74 Å².